The molecule has 25 heavy (non-hydrogen) atoms. The first-order valence-electron chi connectivity index (χ1n) is 7.29. The van der Waals surface area contributed by atoms with Crippen LogP contribution in [-0.4, -0.2) is 4.98 Å². The van der Waals surface area contributed by atoms with E-state index in [9.17, 15) is 18.4 Å². The van der Waals surface area contributed by atoms with Gasteiger partial charge >= 0.3 is 6.18 Å². The summed E-state index contributed by atoms with van der Waals surface area (Å²) < 4.78 is 44.2. The Hall–Kier alpha value is -3.33. The number of ether oxygens (including phenoxy) is 1. The number of alkyl halides is 3. The predicted molar refractivity (Wildman–Crippen MR) is 85.9 cm³/mol. The standard InChI is InChI=1S/C19H11F3N2O/c20-19(21,22)15-6-4-5-13(11-15)17-10-9-14(12-23)18(24-17)25-16-7-2-1-3-8-16/h1-11H. The van der Waals surface area contributed by atoms with E-state index >= 15 is 0 Å². The van der Waals surface area contributed by atoms with Gasteiger partial charge in [-0.2, -0.15) is 18.4 Å². The lowest BCUT2D eigenvalue weighted by atomic mass is 10.1. The van der Waals surface area contributed by atoms with Gasteiger partial charge in [0.1, 0.15) is 17.4 Å². The summed E-state index contributed by atoms with van der Waals surface area (Å²) in [5.74, 6) is 0.524. The second-order valence-corrected chi connectivity index (χ2v) is 5.15. The van der Waals surface area contributed by atoms with Crippen molar-refractivity contribution in [2.45, 2.75) is 6.18 Å². The van der Waals surface area contributed by atoms with Crippen molar-refractivity contribution in [1.82, 2.24) is 4.98 Å². The van der Waals surface area contributed by atoms with Gasteiger partial charge in [0.05, 0.1) is 11.3 Å². The molecular weight excluding hydrogens is 329 g/mol. The second-order valence-electron chi connectivity index (χ2n) is 5.15. The van der Waals surface area contributed by atoms with Gasteiger partial charge < -0.3 is 4.74 Å². The molecule has 0 unspecified atom stereocenters. The number of aromatic nitrogens is 1. The predicted octanol–water partition coefficient (Wildman–Crippen LogP) is 5.43. The number of hydrogen-bond acceptors (Lipinski definition) is 3. The number of rotatable bonds is 3. The quantitative estimate of drug-likeness (QED) is 0.638. The molecule has 0 spiro atoms. The molecule has 0 atom stereocenters. The summed E-state index contributed by atoms with van der Waals surface area (Å²) in [7, 11) is 0. The van der Waals surface area contributed by atoms with Gasteiger partial charge in [-0.3, -0.25) is 0 Å². The highest BCUT2D eigenvalue weighted by Gasteiger charge is 2.30. The van der Waals surface area contributed by atoms with Crippen molar-refractivity contribution in [1.29, 1.82) is 5.26 Å². The van der Waals surface area contributed by atoms with E-state index in [1.54, 1.807) is 24.3 Å². The highest BCUT2D eigenvalue weighted by molar-refractivity contribution is 5.62. The van der Waals surface area contributed by atoms with Crippen LogP contribution in [0, 0.1) is 11.3 Å². The van der Waals surface area contributed by atoms with E-state index in [0.717, 1.165) is 12.1 Å². The first-order chi connectivity index (χ1) is 12.0. The molecule has 3 nitrogen and oxygen atoms in total. The number of nitriles is 1. The molecule has 1 heterocycles. The van der Waals surface area contributed by atoms with Gasteiger partial charge in [-0.15, -0.1) is 0 Å². The smallest absolute Gasteiger partial charge is 0.416 e. The highest BCUT2D eigenvalue weighted by atomic mass is 19.4. The minimum absolute atomic E-state index is 0.0450. The molecule has 0 radical (unpaired) electrons. The summed E-state index contributed by atoms with van der Waals surface area (Å²) in [6, 6.07) is 18.5. The maximum absolute atomic E-state index is 12.9. The normalized spacial score (nSPS) is 11.0. The van der Waals surface area contributed by atoms with Crippen LogP contribution in [0.1, 0.15) is 11.1 Å². The van der Waals surface area contributed by atoms with Crippen LogP contribution in [0.3, 0.4) is 0 Å². The van der Waals surface area contributed by atoms with Gasteiger partial charge in [0.15, 0.2) is 0 Å². The van der Waals surface area contributed by atoms with Crippen LogP contribution in [0.4, 0.5) is 13.2 Å². The van der Waals surface area contributed by atoms with E-state index in [1.165, 1.54) is 24.3 Å². The Balaban J connectivity index is 2.01. The number of hydrogen-bond donors (Lipinski definition) is 0. The average molecular weight is 340 g/mol. The Morgan fingerprint density at radius 2 is 1.68 bits per heavy atom. The lowest BCUT2D eigenvalue weighted by molar-refractivity contribution is -0.137. The van der Waals surface area contributed by atoms with Gasteiger partial charge in [-0.1, -0.05) is 30.3 Å². The lowest BCUT2D eigenvalue weighted by Gasteiger charge is -2.10. The lowest BCUT2D eigenvalue weighted by Crippen LogP contribution is -2.04. The molecule has 0 N–H and O–H groups in total. The Bertz CT molecular complexity index is 931. The number of benzene rings is 2. The number of para-hydroxylation sites is 1. The van der Waals surface area contributed by atoms with Gasteiger partial charge in [-0.25, -0.2) is 4.98 Å². The molecule has 0 saturated heterocycles. The topological polar surface area (TPSA) is 45.9 Å². The van der Waals surface area contributed by atoms with E-state index in [-0.39, 0.29) is 22.7 Å². The minimum Gasteiger partial charge on any atom is -0.438 e. The van der Waals surface area contributed by atoms with Crippen molar-refractivity contribution in [3.8, 4) is 29.0 Å². The molecule has 6 heteroatoms. The van der Waals surface area contributed by atoms with Crippen molar-refractivity contribution >= 4 is 0 Å². The van der Waals surface area contributed by atoms with Crippen molar-refractivity contribution in [2.24, 2.45) is 0 Å². The minimum atomic E-state index is -4.44. The maximum Gasteiger partial charge on any atom is 0.416 e. The molecule has 0 bridgehead atoms. The summed E-state index contributed by atoms with van der Waals surface area (Å²) in [6.45, 7) is 0. The van der Waals surface area contributed by atoms with Crippen LogP contribution >= 0.6 is 0 Å². The van der Waals surface area contributed by atoms with Gasteiger partial charge in [0.2, 0.25) is 5.88 Å². The average Bonchev–Trinajstić information content (AvgIpc) is 2.62. The van der Waals surface area contributed by atoms with Gasteiger partial charge in [0.25, 0.3) is 0 Å². The molecule has 0 aliphatic rings. The Kier molecular flexibility index (Phi) is 4.40. The van der Waals surface area contributed by atoms with Crippen molar-refractivity contribution in [2.75, 3.05) is 0 Å². The molecular formula is C19H11F3N2O. The van der Waals surface area contributed by atoms with Crippen LogP contribution < -0.4 is 4.74 Å². The Labute approximate surface area is 141 Å². The molecule has 0 aliphatic carbocycles. The Morgan fingerprint density at radius 1 is 0.920 bits per heavy atom. The zero-order chi connectivity index (χ0) is 17.9. The second kappa shape index (κ2) is 6.65. The van der Waals surface area contributed by atoms with Crippen molar-refractivity contribution < 1.29 is 17.9 Å². The van der Waals surface area contributed by atoms with Gasteiger partial charge in [-0.05, 0) is 36.4 Å². The molecule has 3 rings (SSSR count). The molecule has 0 aliphatic heterocycles. The summed E-state index contributed by atoms with van der Waals surface area (Å²) in [4.78, 5) is 4.22. The summed E-state index contributed by atoms with van der Waals surface area (Å²) in [5, 5.41) is 9.19. The van der Waals surface area contributed by atoms with Crippen molar-refractivity contribution in [3.05, 3.63) is 77.9 Å². The van der Waals surface area contributed by atoms with E-state index in [4.69, 9.17) is 4.74 Å². The third kappa shape index (κ3) is 3.78. The summed E-state index contributed by atoms with van der Waals surface area (Å²) in [6.07, 6.45) is -4.44. The molecule has 0 amide bonds. The molecule has 124 valence electrons. The molecule has 1 aromatic heterocycles. The first kappa shape index (κ1) is 16.5. The third-order valence-electron chi connectivity index (χ3n) is 3.42. The fraction of sp³-hybridized carbons (Fsp3) is 0.0526. The Morgan fingerprint density at radius 3 is 2.36 bits per heavy atom. The zero-order valence-corrected chi connectivity index (χ0v) is 12.8. The van der Waals surface area contributed by atoms with Gasteiger partial charge in [0, 0.05) is 5.56 Å². The zero-order valence-electron chi connectivity index (χ0n) is 12.8. The van der Waals surface area contributed by atoms with Crippen molar-refractivity contribution in [3.63, 3.8) is 0 Å². The monoisotopic (exact) mass is 340 g/mol. The highest BCUT2D eigenvalue weighted by Crippen LogP contribution is 2.33. The van der Waals surface area contributed by atoms with Crippen LogP contribution in [0.25, 0.3) is 11.3 Å². The molecule has 3 aromatic rings. The van der Waals surface area contributed by atoms with Crippen LogP contribution in [0.5, 0.6) is 11.6 Å². The van der Waals surface area contributed by atoms with Crippen LogP contribution in [0.15, 0.2) is 66.7 Å². The third-order valence-corrected chi connectivity index (χ3v) is 3.42. The summed E-state index contributed by atoms with van der Waals surface area (Å²) >= 11 is 0. The van der Waals surface area contributed by atoms with E-state index in [2.05, 4.69) is 4.98 Å². The van der Waals surface area contributed by atoms with Crippen LogP contribution in [0.2, 0.25) is 0 Å². The van der Waals surface area contributed by atoms with Crippen LogP contribution in [-0.2, 0) is 6.18 Å². The molecule has 2 aromatic carbocycles. The largest absolute Gasteiger partial charge is 0.438 e. The SMILES string of the molecule is N#Cc1ccc(-c2cccc(C(F)(F)F)c2)nc1Oc1ccccc1. The fourth-order valence-electron chi connectivity index (χ4n) is 2.22. The number of nitrogens with zero attached hydrogens (tertiary/aromatic N) is 2. The molecule has 0 fully saturated rings. The first-order valence-corrected chi connectivity index (χ1v) is 7.29. The molecule has 0 saturated carbocycles. The van der Waals surface area contributed by atoms with E-state index < -0.39 is 11.7 Å². The van der Waals surface area contributed by atoms with E-state index in [0.29, 0.717) is 5.75 Å². The summed E-state index contributed by atoms with van der Waals surface area (Å²) in [5.41, 5.74) is 0.00882. The number of halogens is 3. The fourth-order valence-corrected chi connectivity index (χ4v) is 2.22. The maximum atomic E-state index is 12.9. The number of pyridine rings is 1. The van der Waals surface area contributed by atoms with E-state index in [1.807, 2.05) is 12.1 Å².